The second-order valence-corrected chi connectivity index (χ2v) is 5.37. The zero-order chi connectivity index (χ0) is 12.8. The topological polar surface area (TPSA) is 15.3 Å². The van der Waals surface area contributed by atoms with E-state index in [9.17, 15) is 0 Å². The maximum atomic E-state index is 3.70. The molecule has 1 aromatic carbocycles. The summed E-state index contributed by atoms with van der Waals surface area (Å²) in [5.41, 5.74) is 1.44. The molecule has 100 valence electrons. The van der Waals surface area contributed by atoms with E-state index in [1.807, 2.05) is 0 Å². The van der Waals surface area contributed by atoms with Crippen molar-refractivity contribution >= 4 is 0 Å². The van der Waals surface area contributed by atoms with Crippen LogP contribution < -0.4 is 5.32 Å². The highest BCUT2D eigenvalue weighted by Crippen LogP contribution is 2.16. The molecular weight excluding hydrogens is 220 g/mol. The zero-order valence-corrected chi connectivity index (χ0v) is 11.7. The minimum absolute atomic E-state index is 0.682. The van der Waals surface area contributed by atoms with Gasteiger partial charge in [0, 0.05) is 31.7 Å². The molecule has 1 aliphatic rings. The van der Waals surface area contributed by atoms with E-state index < -0.39 is 0 Å². The second-order valence-electron chi connectivity index (χ2n) is 5.37. The zero-order valence-electron chi connectivity index (χ0n) is 11.7. The fourth-order valence-electron chi connectivity index (χ4n) is 2.88. The lowest BCUT2D eigenvalue weighted by Gasteiger charge is -2.40. The van der Waals surface area contributed by atoms with Crippen molar-refractivity contribution in [3.63, 3.8) is 0 Å². The third-order valence-corrected chi connectivity index (χ3v) is 3.95. The van der Waals surface area contributed by atoms with Crippen LogP contribution in [0.4, 0.5) is 0 Å². The predicted octanol–water partition coefficient (Wildman–Crippen LogP) is 3.04. The van der Waals surface area contributed by atoms with Crippen molar-refractivity contribution in [3.8, 4) is 0 Å². The molecule has 0 bridgehead atoms. The molecule has 0 aliphatic carbocycles. The molecule has 0 radical (unpaired) electrons. The summed E-state index contributed by atoms with van der Waals surface area (Å²) in [4.78, 5) is 2.66. The van der Waals surface area contributed by atoms with Gasteiger partial charge in [0.05, 0.1) is 0 Å². The first-order chi connectivity index (χ1) is 8.83. The molecule has 2 rings (SSSR count). The first kappa shape index (κ1) is 13.6. The van der Waals surface area contributed by atoms with Crippen molar-refractivity contribution < 1.29 is 0 Å². The van der Waals surface area contributed by atoms with E-state index in [2.05, 4.69) is 54.4 Å². The molecule has 0 spiro atoms. The monoisotopic (exact) mass is 246 g/mol. The summed E-state index contributed by atoms with van der Waals surface area (Å²) in [6, 6.07) is 12.2. The van der Waals surface area contributed by atoms with Gasteiger partial charge in [0.15, 0.2) is 0 Å². The molecule has 1 aliphatic heterocycles. The average molecular weight is 246 g/mol. The van der Waals surface area contributed by atoms with Gasteiger partial charge >= 0.3 is 0 Å². The molecule has 0 saturated carbocycles. The van der Waals surface area contributed by atoms with Gasteiger partial charge in [-0.25, -0.2) is 0 Å². The van der Waals surface area contributed by atoms with Crippen LogP contribution in [0.2, 0.25) is 0 Å². The Morgan fingerprint density at radius 3 is 2.67 bits per heavy atom. The van der Waals surface area contributed by atoms with E-state index in [0.717, 1.165) is 13.1 Å². The van der Waals surface area contributed by atoms with Crippen LogP contribution in [0, 0.1) is 0 Å². The SMILES string of the molecule is CCC[C@@H]1CN(Cc2ccccc2)[C@@H](CC)CN1. The fraction of sp³-hybridized carbons (Fsp3) is 0.625. The summed E-state index contributed by atoms with van der Waals surface area (Å²) in [5.74, 6) is 0. The van der Waals surface area contributed by atoms with Crippen molar-refractivity contribution in [1.29, 1.82) is 0 Å². The molecule has 2 heteroatoms. The van der Waals surface area contributed by atoms with Crippen LogP contribution in [-0.2, 0) is 6.54 Å². The van der Waals surface area contributed by atoms with Crippen molar-refractivity contribution in [2.24, 2.45) is 0 Å². The Morgan fingerprint density at radius 2 is 2.00 bits per heavy atom. The normalized spacial score (nSPS) is 25.2. The molecule has 1 N–H and O–H groups in total. The Bertz CT molecular complexity index is 336. The Labute approximate surface area is 111 Å². The lowest BCUT2D eigenvalue weighted by atomic mass is 10.0. The third kappa shape index (κ3) is 3.56. The van der Waals surface area contributed by atoms with Crippen LogP contribution in [0.15, 0.2) is 30.3 Å². The molecule has 1 aromatic rings. The molecule has 1 heterocycles. The first-order valence-corrected chi connectivity index (χ1v) is 7.34. The molecule has 18 heavy (non-hydrogen) atoms. The minimum Gasteiger partial charge on any atom is -0.311 e. The smallest absolute Gasteiger partial charge is 0.0237 e. The van der Waals surface area contributed by atoms with E-state index in [1.165, 1.54) is 31.4 Å². The van der Waals surface area contributed by atoms with Gasteiger partial charge in [-0.05, 0) is 18.4 Å². The Hall–Kier alpha value is -0.860. The summed E-state index contributed by atoms with van der Waals surface area (Å²) in [5, 5.41) is 3.70. The summed E-state index contributed by atoms with van der Waals surface area (Å²) in [6.45, 7) is 8.01. The standard InChI is InChI=1S/C16H26N2/c1-3-8-15-13-18(16(4-2)11-17-15)12-14-9-6-5-7-10-14/h5-7,9-10,15-17H,3-4,8,11-13H2,1-2H3/t15-,16+/m1/s1. The van der Waals surface area contributed by atoms with Crippen LogP contribution in [0.5, 0.6) is 0 Å². The Morgan fingerprint density at radius 1 is 1.22 bits per heavy atom. The van der Waals surface area contributed by atoms with Gasteiger partial charge in [-0.1, -0.05) is 50.6 Å². The molecule has 1 saturated heterocycles. The Balaban J connectivity index is 1.98. The first-order valence-electron chi connectivity index (χ1n) is 7.34. The van der Waals surface area contributed by atoms with Crippen LogP contribution >= 0.6 is 0 Å². The lowest BCUT2D eigenvalue weighted by molar-refractivity contribution is 0.115. The molecule has 0 unspecified atom stereocenters. The Kier molecular flexibility index (Phi) is 5.21. The van der Waals surface area contributed by atoms with E-state index in [1.54, 1.807) is 0 Å². The molecule has 0 amide bonds. The summed E-state index contributed by atoms with van der Waals surface area (Å²) < 4.78 is 0. The highest BCUT2D eigenvalue weighted by atomic mass is 15.2. The van der Waals surface area contributed by atoms with Gasteiger partial charge in [0.2, 0.25) is 0 Å². The summed E-state index contributed by atoms with van der Waals surface area (Å²) >= 11 is 0. The van der Waals surface area contributed by atoms with E-state index in [0.29, 0.717) is 12.1 Å². The molecule has 0 aromatic heterocycles. The number of piperazine rings is 1. The van der Waals surface area contributed by atoms with Crippen LogP contribution in [-0.4, -0.2) is 30.1 Å². The number of hydrogen-bond acceptors (Lipinski definition) is 2. The quantitative estimate of drug-likeness (QED) is 0.859. The highest BCUT2D eigenvalue weighted by molar-refractivity contribution is 5.14. The van der Waals surface area contributed by atoms with Gasteiger partial charge in [-0.15, -0.1) is 0 Å². The molecule has 1 fully saturated rings. The fourth-order valence-corrected chi connectivity index (χ4v) is 2.88. The van der Waals surface area contributed by atoms with E-state index >= 15 is 0 Å². The molecule has 2 atom stereocenters. The number of nitrogens with one attached hydrogen (secondary N) is 1. The number of nitrogens with zero attached hydrogens (tertiary/aromatic N) is 1. The summed E-state index contributed by atoms with van der Waals surface area (Å²) in [6.07, 6.45) is 3.80. The van der Waals surface area contributed by atoms with Gasteiger partial charge < -0.3 is 5.32 Å². The van der Waals surface area contributed by atoms with E-state index in [4.69, 9.17) is 0 Å². The number of rotatable bonds is 5. The molecular formula is C16H26N2. The van der Waals surface area contributed by atoms with E-state index in [-0.39, 0.29) is 0 Å². The lowest BCUT2D eigenvalue weighted by Crippen LogP contribution is -2.55. The van der Waals surface area contributed by atoms with Gasteiger partial charge in [0.25, 0.3) is 0 Å². The maximum absolute atomic E-state index is 3.70. The average Bonchev–Trinajstić information content (AvgIpc) is 2.41. The number of hydrogen-bond donors (Lipinski definition) is 1. The summed E-state index contributed by atoms with van der Waals surface area (Å²) in [7, 11) is 0. The van der Waals surface area contributed by atoms with Gasteiger partial charge in [-0.3, -0.25) is 4.90 Å². The van der Waals surface area contributed by atoms with Crippen LogP contribution in [0.3, 0.4) is 0 Å². The highest BCUT2D eigenvalue weighted by Gasteiger charge is 2.25. The second kappa shape index (κ2) is 6.91. The number of benzene rings is 1. The van der Waals surface area contributed by atoms with Crippen molar-refractivity contribution in [2.45, 2.75) is 51.7 Å². The van der Waals surface area contributed by atoms with Crippen molar-refractivity contribution in [2.75, 3.05) is 13.1 Å². The predicted molar refractivity (Wildman–Crippen MR) is 77.6 cm³/mol. The minimum atomic E-state index is 0.682. The van der Waals surface area contributed by atoms with Gasteiger partial charge in [0.1, 0.15) is 0 Å². The van der Waals surface area contributed by atoms with Crippen molar-refractivity contribution in [1.82, 2.24) is 10.2 Å². The molecule has 2 nitrogen and oxygen atoms in total. The maximum Gasteiger partial charge on any atom is 0.0237 e. The van der Waals surface area contributed by atoms with Gasteiger partial charge in [-0.2, -0.15) is 0 Å². The van der Waals surface area contributed by atoms with Crippen LogP contribution in [0.25, 0.3) is 0 Å². The third-order valence-electron chi connectivity index (χ3n) is 3.95. The largest absolute Gasteiger partial charge is 0.311 e. The van der Waals surface area contributed by atoms with Crippen molar-refractivity contribution in [3.05, 3.63) is 35.9 Å². The van der Waals surface area contributed by atoms with Crippen LogP contribution in [0.1, 0.15) is 38.7 Å².